The molecule has 1 aliphatic rings. The number of benzene rings is 2. The number of carbonyl (C=O) groups is 2. The van der Waals surface area contributed by atoms with Gasteiger partial charge in [0.05, 0.1) is 19.2 Å². The molecule has 1 aliphatic heterocycles. The van der Waals surface area contributed by atoms with Gasteiger partial charge in [0.1, 0.15) is 6.61 Å². The molecule has 2 amide bonds. The van der Waals surface area contributed by atoms with Crippen LogP contribution in [0, 0.1) is 0 Å². The van der Waals surface area contributed by atoms with Gasteiger partial charge >= 0.3 is 0 Å². The maximum Gasteiger partial charge on any atom is 0.246 e. The van der Waals surface area contributed by atoms with E-state index in [0.717, 1.165) is 37.7 Å². The van der Waals surface area contributed by atoms with E-state index < -0.39 is 0 Å². The molecule has 7 nitrogen and oxygen atoms in total. The van der Waals surface area contributed by atoms with Gasteiger partial charge in [-0.1, -0.05) is 54.1 Å². The van der Waals surface area contributed by atoms with Gasteiger partial charge in [0.2, 0.25) is 11.8 Å². The zero-order valence-corrected chi connectivity index (χ0v) is 19.2. The Kier molecular flexibility index (Phi) is 9.49. The standard InChI is InChI=1S/C24H31ClN4O3/c1-26-22(30)17-27-23(31)18-32-16-15-28-11-13-29(14-12-28)24(19-5-3-2-4-6-19)20-7-9-21(25)10-8-20/h2-10,24H,11-18H2,1H3,(H,26,30)(H,27,31). The van der Waals surface area contributed by atoms with Gasteiger partial charge in [-0.3, -0.25) is 19.4 Å². The average Bonchev–Trinajstić information content (AvgIpc) is 2.83. The fourth-order valence-electron chi connectivity index (χ4n) is 3.82. The number of hydrogen-bond acceptors (Lipinski definition) is 5. The molecule has 1 unspecified atom stereocenters. The molecular formula is C24H31ClN4O3. The molecule has 1 atom stereocenters. The molecule has 0 aromatic heterocycles. The summed E-state index contributed by atoms with van der Waals surface area (Å²) in [6, 6.07) is 18.9. The minimum atomic E-state index is -0.285. The Bertz CT molecular complexity index is 855. The van der Waals surface area contributed by atoms with Crippen LogP contribution < -0.4 is 10.6 Å². The fourth-order valence-corrected chi connectivity index (χ4v) is 3.94. The summed E-state index contributed by atoms with van der Waals surface area (Å²) in [5, 5.41) is 5.72. The maximum absolute atomic E-state index is 11.7. The Morgan fingerprint density at radius 1 is 0.969 bits per heavy atom. The Morgan fingerprint density at radius 2 is 1.62 bits per heavy atom. The van der Waals surface area contributed by atoms with Crippen LogP contribution in [0.2, 0.25) is 5.02 Å². The van der Waals surface area contributed by atoms with Gasteiger partial charge < -0.3 is 15.4 Å². The van der Waals surface area contributed by atoms with E-state index in [4.69, 9.17) is 16.3 Å². The van der Waals surface area contributed by atoms with E-state index in [1.165, 1.54) is 18.2 Å². The molecular weight excluding hydrogens is 428 g/mol. The van der Waals surface area contributed by atoms with Crippen molar-refractivity contribution in [2.75, 3.05) is 59.5 Å². The summed E-state index contributed by atoms with van der Waals surface area (Å²) in [5.74, 6) is -0.518. The molecule has 2 aromatic carbocycles. The van der Waals surface area contributed by atoms with Crippen molar-refractivity contribution in [3.8, 4) is 0 Å². The summed E-state index contributed by atoms with van der Waals surface area (Å²) in [6.07, 6.45) is 0. The number of carbonyl (C=O) groups excluding carboxylic acids is 2. The third-order valence-corrected chi connectivity index (χ3v) is 5.84. The minimum Gasteiger partial charge on any atom is -0.370 e. The molecule has 0 saturated carbocycles. The normalized spacial score (nSPS) is 15.8. The first-order valence-corrected chi connectivity index (χ1v) is 11.3. The van der Waals surface area contributed by atoms with Crippen molar-refractivity contribution in [3.05, 3.63) is 70.7 Å². The van der Waals surface area contributed by atoms with Crippen LogP contribution in [-0.2, 0) is 14.3 Å². The highest BCUT2D eigenvalue weighted by Crippen LogP contribution is 2.30. The van der Waals surface area contributed by atoms with Gasteiger partial charge in [0.25, 0.3) is 0 Å². The lowest BCUT2D eigenvalue weighted by molar-refractivity contribution is -0.129. The quantitative estimate of drug-likeness (QED) is 0.532. The van der Waals surface area contributed by atoms with E-state index in [9.17, 15) is 9.59 Å². The Morgan fingerprint density at radius 3 is 2.28 bits per heavy atom. The third-order valence-electron chi connectivity index (χ3n) is 5.58. The number of likely N-dealkylation sites (N-methyl/N-ethyl adjacent to an activating group) is 1. The fraction of sp³-hybridized carbons (Fsp3) is 0.417. The van der Waals surface area contributed by atoms with Crippen molar-refractivity contribution >= 4 is 23.4 Å². The molecule has 32 heavy (non-hydrogen) atoms. The van der Waals surface area contributed by atoms with Crippen LogP contribution in [0.5, 0.6) is 0 Å². The first-order chi connectivity index (χ1) is 15.6. The third kappa shape index (κ3) is 7.31. The zero-order valence-electron chi connectivity index (χ0n) is 18.4. The molecule has 0 aliphatic carbocycles. The Hall–Kier alpha value is -2.45. The van der Waals surface area contributed by atoms with Crippen molar-refractivity contribution in [3.63, 3.8) is 0 Å². The molecule has 172 valence electrons. The van der Waals surface area contributed by atoms with Gasteiger partial charge in [0, 0.05) is 44.8 Å². The number of hydrogen-bond donors (Lipinski definition) is 2. The molecule has 1 saturated heterocycles. The van der Waals surface area contributed by atoms with Crippen molar-refractivity contribution in [2.45, 2.75) is 6.04 Å². The summed E-state index contributed by atoms with van der Waals surface area (Å²) in [5.41, 5.74) is 2.51. The first kappa shape index (κ1) is 24.2. The maximum atomic E-state index is 11.7. The molecule has 2 N–H and O–H groups in total. The summed E-state index contributed by atoms with van der Waals surface area (Å²) in [7, 11) is 1.53. The number of nitrogens with one attached hydrogen (secondary N) is 2. The van der Waals surface area contributed by atoms with E-state index in [2.05, 4.69) is 56.8 Å². The number of amides is 2. The second-order valence-electron chi connectivity index (χ2n) is 7.74. The predicted octanol–water partition coefficient (Wildman–Crippen LogP) is 1.93. The number of ether oxygens (including phenoxy) is 1. The molecule has 0 spiro atoms. The van der Waals surface area contributed by atoms with Gasteiger partial charge in [-0.15, -0.1) is 0 Å². The molecule has 8 heteroatoms. The van der Waals surface area contributed by atoms with Crippen molar-refractivity contribution in [1.82, 2.24) is 20.4 Å². The molecule has 0 bridgehead atoms. The molecule has 3 rings (SSSR count). The topological polar surface area (TPSA) is 73.9 Å². The number of halogens is 1. The van der Waals surface area contributed by atoms with Crippen LogP contribution in [0.3, 0.4) is 0 Å². The van der Waals surface area contributed by atoms with Gasteiger partial charge in [-0.05, 0) is 23.3 Å². The zero-order chi connectivity index (χ0) is 22.8. The summed E-state index contributed by atoms with van der Waals surface area (Å²) < 4.78 is 5.48. The lowest BCUT2D eigenvalue weighted by Gasteiger charge is -2.39. The summed E-state index contributed by atoms with van der Waals surface area (Å²) in [6.45, 7) is 4.93. The largest absolute Gasteiger partial charge is 0.370 e. The molecule has 1 heterocycles. The van der Waals surface area contributed by atoms with Crippen molar-refractivity contribution in [2.24, 2.45) is 0 Å². The smallest absolute Gasteiger partial charge is 0.246 e. The highest BCUT2D eigenvalue weighted by atomic mass is 35.5. The summed E-state index contributed by atoms with van der Waals surface area (Å²) in [4.78, 5) is 27.7. The van der Waals surface area contributed by atoms with Crippen LogP contribution in [-0.4, -0.2) is 81.1 Å². The predicted molar refractivity (Wildman–Crippen MR) is 126 cm³/mol. The summed E-state index contributed by atoms with van der Waals surface area (Å²) >= 11 is 6.11. The lowest BCUT2D eigenvalue weighted by atomic mass is 9.96. The van der Waals surface area contributed by atoms with E-state index in [-0.39, 0.29) is 31.0 Å². The molecule has 2 aromatic rings. The van der Waals surface area contributed by atoms with Crippen LogP contribution in [0.25, 0.3) is 0 Å². The SMILES string of the molecule is CNC(=O)CNC(=O)COCCN1CCN(C(c2ccccc2)c2ccc(Cl)cc2)CC1. The minimum absolute atomic E-state index is 0.0309. The van der Waals surface area contributed by atoms with Crippen molar-refractivity contribution < 1.29 is 14.3 Å². The average molecular weight is 459 g/mol. The second-order valence-corrected chi connectivity index (χ2v) is 8.18. The number of piperazine rings is 1. The van der Waals surface area contributed by atoms with E-state index in [1.807, 2.05) is 18.2 Å². The Labute approximate surface area is 194 Å². The van der Waals surface area contributed by atoms with Crippen LogP contribution >= 0.6 is 11.6 Å². The number of rotatable bonds is 10. The lowest BCUT2D eigenvalue weighted by Crippen LogP contribution is -2.48. The van der Waals surface area contributed by atoms with Crippen LogP contribution in [0.4, 0.5) is 0 Å². The first-order valence-electron chi connectivity index (χ1n) is 10.9. The van der Waals surface area contributed by atoms with Crippen LogP contribution in [0.1, 0.15) is 17.2 Å². The Balaban J connectivity index is 1.46. The van der Waals surface area contributed by atoms with Crippen LogP contribution in [0.15, 0.2) is 54.6 Å². The van der Waals surface area contributed by atoms with E-state index in [1.54, 1.807) is 0 Å². The van der Waals surface area contributed by atoms with Gasteiger partial charge in [-0.2, -0.15) is 0 Å². The van der Waals surface area contributed by atoms with Gasteiger partial charge in [-0.25, -0.2) is 0 Å². The molecule has 1 fully saturated rings. The number of nitrogens with zero attached hydrogens (tertiary/aromatic N) is 2. The highest BCUT2D eigenvalue weighted by Gasteiger charge is 2.26. The van der Waals surface area contributed by atoms with E-state index in [0.29, 0.717) is 6.61 Å². The van der Waals surface area contributed by atoms with Gasteiger partial charge in [0.15, 0.2) is 0 Å². The highest BCUT2D eigenvalue weighted by molar-refractivity contribution is 6.30. The monoisotopic (exact) mass is 458 g/mol. The van der Waals surface area contributed by atoms with Crippen molar-refractivity contribution in [1.29, 1.82) is 0 Å². The molecule has 0 radical (unpaired) electrons. The van der Waals surface area contributed by atoms with E-state index >= 15 is 0 Å². The second kappa shape index (κ2) is 12.6.